The molecule has 0 aromatic carbocycles. The zero-order chi connectivity index (χ0) is 17.6. The number of ether oxygens (including phenoxy) is 1. The quantitative estimate of drug-likeness (QED) is 0.787. The van der Waals surface area contributed by atoms with Crippen LogP contribution in [0.25, 0.3) is 0 Å². The highest BCUT2D eigenvalue weighted by Gasteiger charge is 2.77. The van der Waals surface area contributed by atoms with Gasteiger partial charge < -0.3 is 9.84 Å². The number of hydrogen-bond acceptors (Lipinski definition) is 2. The third-order valence-electron chi connectivity index (χ3n) is 10.9. The lowest BCUT2D eigenvalue weighted by Crippen LogP contribution is -2.57. The number of aliphatic hydroxyl groups excluding tert-OH is 1. The van der Waals surface area contributed by atoms with Crippen LogP contribution in [0.4, 0.5) is 0 Å². The van der Waals surface area contributed by atoms with E-state index in [1.165, 1.54) is 51.4 Å². The van der Waals surface area contributed by atoms with E-state index in [0.29, 0.717) is 34.9 Å². The van der Waals surface area contributed by atoms with E-state index in [9.17, 15) is 5.11 Å². The summed E-state index contributed by atoms with van der Waals surface area (Å²) in [5, 5.41) is 9.80. The second-order valence-electron chi connectivity index (χ2n) is 11.1. The lowest BCUT2D eigenvalue weighted by Gasteiger charge is -2.61. The lowest BCUT2D eigenvalue weighted by atomic mass is 9.45. The molecule has 0 aromatic heterocycles. The van der Waals surface area contributed by atoms with Crippen molar-refractivity contribution in [1.29, 1.82) is 0 Å². The summed E-state index contributed by atoms with van der Waals surface area (Å²) in [6.45, 7) is 7.89. The molecule has 5 saturated carbocycles. The van der Waals surface area contributed by atoms with Gasteiger partial charge in [-0.1, -0.05) is 20.8 Å². The molecule has 0 aromatic rings. The Kier molecular flexibility index (Phi) is 3.58. The van der Waals surface area contributed by atoms with Crippen molar-refractivity contribution < 1.29 is 9.84 Å². The second-order valence-corrected chi connectivity index (χ2v) is 11.1. The minimum absolute atomic E-state index is 0.365. The fourth-order valence-electron chi connectivity index (χ4n) is 9.68. The summed E-state index contributed by atoms with van der Waals surface area (Å²) in [5.74, 6) is 4.85. The molecule has 0 aliphatic heterocycles. The third kappa shape index (κ3) is 1.85. The summed E-state index contributed by atoms with van der Waals surface area (Å²) in [6, 6.07) is 0. The van der Waals surface area contributed by atoms with Crippen LogP contribution in [-0.4, -0.2) is 24.9 Å². The van der Waals surface area contributed by atoms with E-state index in [2.05, 4.69) is 20.8 Å². The van der Waals surface area contributed by atoms with Gasteiger partial charge in [0, 0.05) is 19.1 Å². The first-order chi connectivity index (χ1) is 11.9. The van der Waals surface area contributed by atoms with Gasteiger partial charge in [0.05, 0.1) is 6.10 Å². The predicted molar refractivity (Wildman–Crippen MR) is 100 cm³/mol. The van der Waals surface area contributed by atoms with Crippen LogP contribution in [0.1, 0.15) is 72.1 Å². The second kappa shape index (κ2) is 5.25. The minimum atomic E-state index is 0.365. The Labute approximate surface area is 154 Å². The van der Waals surface area contributed by atoms with Crippen LogP contribution in [0.5, 0.6) is 0 Å². The fourth-order valence-corrected chi connectivity index (χ4v) is 9.68. The number of rotatable bonds is 3. The molecule has 2 unspecified atom stereocenters. The number of methoxy groups -OCH3 is 1. The maximum Gasteiger partial charge on any atom is 0.0638 e. The Balaban J connectivity index is 1.49. The molecule has 142 valence electrons. The molecule has 5 aliphatic carbocycles. The standard InChI is InChI=1S/C23H38O2/c1-14(13-24)17-5-6-18-16-11-20(25-4)23-12-15(23)7-10-22(23,3)19(16)8-9-21(17,18)2/h14-20,24H,5-13H2,1-4H3/t14-,15?,16+,17-,18+,19+,20-,21-,22-,23?/m1/s1. The van der Waals surface area contributed by atoms with Crippen LogP contribution in [0.15, 0.2) is 0 Å². The van der Waals surface area contributed by atoms with Crippen LogP contribution >= 0.6 is 0 Å². The molecule has 0 heterocycles. The van der Waals surface area contributed by atoms with Gasteiger partial charge in [0.25, 0.3) is 0 Å². The largest absolute Gasteiger partial charge is 0.396 e. The van der Waals surface area contributed by atoms with Crippen LogP contribution in [0, 0.1) is 51.8 Å². The minimum Gasteiger partial charge on any atom is -0.396 e. The van der Waals surface area contributed by atoms with Crippen LogP contribution in [0.2, 0.25) is 0 Å². The average molecular weight is 347 g/mol. The molecule has 5 fully saturated rings. The molecule has 5 rings (SSSR count). The van der Waals surface area contributed by atoms with Gasteiger partial charge in [0.15, 0.2) is 0 Å². The van der Waals surface area contributed by atoms with Crippen LogP contribution < -0.4 is 0 Å². The van der Waals surface area contributed by atoms with Gasteiger partial charge in [0.1, 0.15) is 0 Å². The van der Waals surface area contributed by atoms with E-state index < -0.39 is 0 Å². The van der Waals surface area contributed by atoms with E-state index in [1.54, 1.807) is 0 Å². The average Bonchev–Trinajstić information content (AvgIpc) is 3.12. The SMILES string of the molecule is CO[C@@H]1C[C@H]2[C@@H]3CC[C@H]([C@H](C)CO)[C@@]3(C)CC[C@@H]2[C@@]2(C)CCC3CC312. The molecule has 0 bridgehead atoms. The molecular weight excluding hydrogens is 308 g/mol. The highest BCUT2D eigenvalue weighted by Crippen LogP contribution is 2.82. The van der Waals surface area contributed by atoms with E-state index in [1.807, 2.05) is 7.11 Å². The zero-order valence-electron chi connectivity index (χ0n) is 16.8. The van der Waals surface area contributed by atoms with Crippen molar-refractivity contribution in [3.63, 3.8) is 0 Å². The van der Waals surface area contributed by atoms with Gasteiger partial charge in [-0.15, -0.1) is 0 Å². The topological polar surface area (TPSA) is 29.5 Å². The van der Waals surface area contributed by atoms with Crippen molar-refractivity contribution in [2.45, 2.75) is 78.2 Å². The van der Waals surface area contributed by atoms with Gasteiger partial charge in [-0.3, -0.25) is 0 Å². The molecule has 0 radical (unpaired) electrons. The molecule has 2 nitrogen and oxygen atoms in total. The van der Waals surface area contributed by atoms with Crippen molar-refractivity contribution in [3.05, 3.63) is 0 Å². The summed E-state index contributed by atoms with van der Waals surface area (Å²) in [6.07, 6.45) is 11.8. The van der Waals surface area contributed by atoms with Crippen molar-refractivity contribution in [3.8, 4) is 0 Å². The first kappa shape index (κ1) is 17.0. The monoisotopic (exact) mass is 346 g/mol. The summed E-state index contributed by atoms with van der Waals surface area (Å²) in [5.41, 5.74) is 1.56. The molecule has 0 amide bonds. The zero-order valence-corrected chi connectivity index (χ0v) is 16.8. The van der Waals surface area contributed by atoms with Crippen molar-refractivity contribution in [2.75, 3.05) is 13.7 Å². The summed E-state index contributed by atoms with van der Waals surface area (Å²) in [7, 11) is 1.99. The fraction of sp³-hybridized carbons (Fsp3) is 1.00. The molecule has 10 atom stereocenters. The van der Waals surface area contributed by atoms with Gasteiger partial charge >= 0.3 is 0 Å². The maximum absolute atomic E-state index is 9.80. The van der Waals surface area contributed by atoms with E-state index in [0.717, 1.165) is 29.6 Å². The van der Waals surface area contributed by atoms with Gasteiger partial charge in [0.2, 0.25) is 0 Å². The van der Waals surface area contributed by atoms with Gasteiger partial charge in [-0.2, -0.15) is 0 Å². The smallest absolute Gasteiger partial charge is 0.0638 e. The van der Waals surface area contributed by atoms with E-state index in [-0.39, 0.29) is 0 Å². The highest BCUT2D eigenvalue weighted by atomic mass is 16.5. The molecule has 1 spiro atoms. The molecule has 25 heavy (non-hydrogen) atoms. The Hall–Kier alpha value is -0.0800. The molecule has 2 heteroatoms. The summed E-state index contributed by atoms with van der Waals surface area (Å²) < 4.78 is 6.20. The first-order valence-corrected chi connectivity index (χ1v) is 11.1. The normalized spacial score (nSPS) is 60.4. The Morgan fingerprint density at radius 3 is 2.56 bits per heavy atom. The number of aliphatic hydroxyl groups is 1. The van der Waals surface area contributed by atoms with E-state index >= 15 is 0 Å². The van der Waals surface area contributed by atoms with Crippen LogP contribution in [0.3, 0.4) is 0 Å². The van der Waals surface area contributed by atoms with Gasteiger partial charge in [-0.05, 0) is 97.7 Å². The Morgan fingerprint density at radius 2 is 1.88 bits per heavy atom. The van der Waals surface area contributed by atoms with Crippen LogP contribution in [-0.2, 0) is 4.74 Å². The summed E-state index contributed by atoms with van der Waals surface area (Å²) in [4.78, 5) is 0. The van der Waals surface area contributed by atoms with E-state index in [4.69, 9.17) is 4.74 Å². The lowest BCUT2D eigenvalue weighted by molar-refractivity contribution is -0.161. The first-order valence-electron chi connectivity index (χ1n) is 11.1. The van der Waals surface area contributed by atoms with Crippen molar-refractivity contribution >= 4 is 0 Å². The Morgan fingerprint density at radius 1 is 1.08 bits per heavy atom. The molecule has 1 N–H and O–H groups in total. The van der Waals surface area contributed by atoms with Crippen molar-refractivity contribution in [2.24, 2.45) is 51.8 Å². The summed E-state index contributed by atoms with van der Waals surface area (Å²) >= 11 is 0. The molecular formula is C23H38O2. The Bertz CT molecular complexity index is 560. The predicted octanol–water partition coefficient (Wildman–Crippen LogP) is 4.90. The highest BCUT2D eigenvalue weighted by molar-refractivity contribution is 5.26. The maximum atomic E-state index is 9.80. The number of hydrogen-bond donors (Lipinski definition) is 1. The van der Waals surface area contributed by atoms with Crippen molar-refractivity contribution in [1.82, 2.24) is 0 Å². The molecule has 5 aliphatic rings. The molecule has 0 saturated heterocycles. The third-order valence-corrected chi connectivity index (χ3v) is 10.9. The number of fused-ring (bicyclic) bond motifs is 4. The van der Waals surface area contributed by atoms with Gasteiger partial charge in [-0.25, -0.2) is 0 Å².